The molecule has 0 radical (unpaired) electrons. The van der Waals surface area contributed by atoms with Crippen molar-refractivity contribution in [1.82, 2.24) is 0 Å². The summed E-state index contributed by atoms with van der Waals surface area (Å²) in [5.74, 6) is 1.07. The van der Waals surface area contributed by atoms with Crippen molar-refractivity contribution in [3.8, 4) is 0 Å². The van der Waals surface area contributed by atoms with E-state index < -0.39 is 16.1 Å². The summed E-state index contributed by atoms with van der Waals surface area (Å²) in [6.07, 6.45) is 1.76. The molecule has 0 saturated heterocycles. The third-order valence-corrected chi connectivity index (χ3v) is 4.83. The summed E-state index contributed by atoms with van der Waals surface area (Å²) in [4.78, 5) is 0. The van der Waals surface area contributed by atoms with E-state index in [9.17, 15) is 0 Å². The zero-order valence-corrected chi connectivity index (χ0v) is 10.5. The van der Waals surface area contributed by atoms with Crippen LogP contribution in [-0.2, 0) is 0 Å². The Hall–Kier alpha value is 2.15. The Morgan fingerprint density at radius 3 is 1.40 bits per heavy atom. The summed E-state index contributed by atoms with van der Waals surface area (Å²) in [6, 6.07) is 0. The minimum atomic E-state index is -1.99. The molecule has 0 aliphatic carbocycles. The topological polar surface area (TPSA) is 0 Å². The van der Waals surface area contributed by atoms with Crippen LogP contribution in [0.25, 0.3) is 0 Å². The zero-order valence-electron chi connectivity index (χ0n) is 5.12. The molecule has 0 fully saturated rings. The van der Waals surface area contributed by atoms with E-state index in [1.54, 1.807) is 6.26 Å². The highest BCUT2D eigenvalue weighted by atomic mass is 36.2. The molecule has 0 nitrogen and oxygen atoms in total. The Morgan fingerprint density at radius 2 is 1.30 bits per heavy atom. The maximum atomic E-state index is 5.73. The molecule has 0 spiro atoms. The van der Waals surface area contributed by atoms with Crippen molar-refractivity contribution in [1.29, 1.82) is 0 Å². The minimum absolute atomic E-state index is 0.483. The molecule has 66 valence electrons. The third-order valence-electron chi connectivity index (χ3n) is 0.673. The van der Waals surface area contributed by atoms with Crippen LogP contribution >= 0.6 is 69.5 Å². The van der Waals surface area contributed by atoms with Crippen molar-refractivity contribution in [3.63, 3.8) is 0 Å². The van der Waals surface area contributed by atoms with Gasteiger partial charge < -0.3 is 0 Å². The van der Waals surface area contributed by atoms with E-state index in [1.165, 1.54) is 0 Å². The Bertz CT molecular complexity index is 88.4. The van der Waals surface area contributed by atoms with E-state index in [0.29, 0.717) is 11.5 Å². The van der Waals surface area contributed by atoms with Crippen LogP contribution in [0.15, 0.2) is 0 Å². The molecule has 0 amide bonds. The Labute approximate surface area is 86.6 Å². The predicted octanol–water partition coefficient (Wildman–Crippen LogP) is 4.99. The molecule has 0 atom stereocenters. The molecule has 10 heavy (non-hydrogen) atoms. The highest BCUT2D eigenvalue weighted by Gasteiger charge is 2.18. The summed E-state index contributed by atoms with van der Waals surface area (Å²) in [6.45, 7) is 0. The summed E-state index contributed by atoms with van der Waals surface area (Å²) in [7, 11) is 24.6. The molecule has 7 heteroatoms. The van der Waals surface area contributed by atoms with E-state index in [1.807, 2.05) is 0 Å². The van der Waals surface area contributed by atoms with Gasteiger partial charge in [0.2, 0.25) is 0 Å². The van der Waals surface area contributed by atoms with Gasteiger partial charge in [-0.3, -0.25) is 0 Å². The van der Waals surface area contributed by atoms with Gasteiger partial charge in [-0.2, -0.15) is 0 Å². The second kappa shape index (κ2) is 4.40. The largest absolute Gasteiger partial charge is 0.0864 e. The standard InChI is InChI=1S/C3H7Cl5S2/c1-9(4,5)2-3-10(6,7)8/h2-3H2,1H3. The van der Waals surface area contributed by atoms with Crippen molar-refractivity contribution in [2.75, 3.05) is 17.8 Å². The van der Waals surface area contributed by atoms with Crippen LogP contribution in [0.4, 0.5) is 0 Å². The van der Waals surface area contributed by atoms with Crippen LogP contribution in [0.2, 0.25) is 0 Å². The average Bonchev–Trinajstić information content (AvgIpc) is 1.57. The molecule has 0 aromatic carbocycles. The molecule has 0 saturated carbocycles. The quantitative estimate of drug-likeness (QED) is 0.684. The number of hydrogen-bond donors (Lipinski definition) is 0. The van der Waals surface area contributed by atoms with Crippen LogP contribution in [0.1, 0.15) is 0 Å². The van der Waals surface area contributed by atoms with Gasteiger partial charge in [0, 0.05) is 11.5 Å². The monoisotopic (exact) mass is 282 g/mol. The van der Waals surface area contributed by atoms with E-state index in [0.717, 1.165) is 0 Å². The van der Waals surface area contributed by atoms with Gasteiger partial charge in [-0.05, 0) is 46.0 Å². The van der Waals surface area contributed by atoms with Gasteiger partial charge in [-0.25, -0.2) is 0 Å². The summed E-state index contributed by atoms with van der Waals surface area (Å²) in [5, 5.41) is 0. The van der Waals surface area contributed by atoms with Crippen LogP contribution in [0, 0.1) is 0 Å². The lowest BCUT2D eigenvalue weighted by atomic mass is 11.0. The van der Waals surface area contributed by atoms with E-state index in [4.69, 9.17) is 53.4 Å². The summed E-state index contributed by atoms with van der Waals surface area (Å²) >= 11 is 0. The molecule has 0 aromatic rings. The van der Waals surface area contributed by atoms with Crippen LogP contribution in [-0.4, -0.2) is 17.8 Å². The second-order valence-electron chi connectivity index (χ2n) is 1.78. The number of halogens is 5. The van der Waals surface area contributed by atoms with Crippen LogP contribution in [0.5, 0.6) is 0 Å². The molecule has 0 aliphatic rings. The highest BCUT2D eigenvalue weighted by Crippen LogP contribution is 2.66. The van der Waals surface area contributed by atoms with Gasteiger partial charge in [-0.1, -0.05) is 29.8 Å². The van der Waals surface area contributed by atoms with Gasteiger partial charge in [0.05, 0.1) is 0 Å². The van der Waals surface area contributed by atoms with E-state index >= 15 is 0 Å². The molecule has 0 bridgehead atoms. The fourth-order valence-electron chi connectivity index (χ4n) is 0.241. The lowest BCUT2D eigenvalue weighted by molar-refractivity contribution is 1.55. The van der Waals surface area contributed by atoms with Gasteiger partial charge in [-0.15, -0.1) is 0 Å². The lowest BCUT2D eigenvalue weighted by Crippen LogP contribution is -1.94. The molecule has 0 aromatic heterocycles. The van der Waals surface area contributed by atoms with Crippen molar-refractivity contribution < 1.29 is 0 Å². The Morgan fingerprint density at radius 1 is 0.900 bits per heavy atom. The van der Waals surface area contributed by atoms with Crippen LogP contribution < -0.4 is 0 Å². The predicted molar refractivity (Wildman–Crippen MR) is 60.1 cm³/mol. The first-order valence-corrected chi connectivity index (χ1v) is 10.4. The maximum absolute atomic E-state index is 5.73. The molecular formula is C3H7Cl5S2. The third kappa shape index (κ3) is 10.2. The smallest absolute Gasteiger partial charge is 0.0262 e. The number of rotatable bonds is 3. The molecule has 0 N–H and O–H groups in total. The molecule has 0 rings (SSSR count). The summed E-state index contributed by atoms with van der Waals surface area (Å²) < 4.78 is 0. The molecule has 0 heterocycles. The zero-order chi connectivity index (χ0) is 8.41. The Kier molecular flexibility index (Phi) is 5.35. The van der Waals surface area contributed by atoms with Crippen molar-refractivity contribution in [2.24, 2.45) is 0 Å². The molecular weight excluding hydrogens is 277 g/mol. The Balaban J connectivity index is 3.56. The number of hydrogen-bond acceptors (Lipinski definition) is 0. The first-order chi connectivity index (χ1) is 4.21. The SMILES string of the molecule is CS(Cl)(Cl)CCS(Cl)(Cl)Cl. The normalized spacial score (nSPS) is 17.0. The second-order valence-corrected chi connectivity index (χ2v) is 16.1. The molecule has 0 aliphatic heterocycles. The van der Waals surface area contributed by atoms with Gasteiger partial charge in [0.25, 0.3) is 0 Å². The van der Waals surface area contributed by atoms with Crippen molar-refractivity contribution in [2.45, 2.75) is 0 Å². The van der Waals surface area contributed by atoms with Crippen molar-refractivity contribution in [3.05, 3.63) is 0 Å². The van der Waals surface area contributed by atoms with Gasteiger partial charge in [0.1, 0.15) is 0 Å². The van der Waals surface area contributed by atoms with Gasteiger partial charge in [0.15, 0.2) is 0 Å². The van der Waals surface area contributed by atoms with Gasteiger partial charge >= 0.3 is 0 Å². The van der Waals surface area contributed by atoms with Crippen molar-refractivity contribution >= 4 is 69.5 Å². The van der Waals surface area contributed by atoms with E-state index in [-0.39, 0.29) is 0 Å². The van der Waals surface area contributed by atoms with E-state index in [2.05, 4.69) is 0 Å². The first-order valence-electron chi connectivity index (χ1n) is 2.26. The summed E-state index contributed by atoms with van der Waals surface area (Å²) in [5.41, 5.74) is 0. The fraction of sp³-hybridized carbons (Fsp3) is 1.00. The maximum Gasteiger partial charge on any atom is 0.0262 e. The fourth-order valence-corrected chi connectivity index (χ4v) is 5.00. The minimum Gasteiger partial charge on any atom is -0.0864 e. The molecule has 0 unspecified atom stereocenters. The average molecular weight is 284 g/mol. The van der Waals surface area contributed by atoms with Crippen LogP contribution in [0.3, 0.4) is 0 Å². The highest BCUT2D eigenvalue weighted by molar-refractivity contribution is 8.79. The lowest BCUT2D eigenvalue weighted by Gasteiger charge is -2.22. The first kappa shape index (κ1) is 12.2.